The zero-order chi connectivity index (χ0) is 22.0. The number of aromatic nitrogens is 3. The second-order valence-electron chi connectivity index (χ2n) is 8.76. The highest BCUT2D eigenvalue weighted by Gasteiger charge is 2.50. The van der Waals surface area contributed by atoms with E-state index in [2.05, 4.69) is 41.1 Å². The van der Waals surface area contributed by atoms with E-state index in [0.717, 1.165) is 18.5 Å². The molecular formula is C22H22ClF3N4O. The summed E-state index contributed by atoms with van der Waals surface area (Å²) in [6.45, 7) is 5.62. The number of hydrogen-bond donors (Lipinski definition) is 0. The van der Waals surface area contributed by atoms with Gasteiger partial charge in [0.05, 0.1) is 16.9 Å². The van der Waals surface area contributed by atoms with Gasteiger partial charge >= 0.3 is 6.18 Å². The smallest absolute Gasteiger partial charge is 0.370 e. The number of halogens is 4. The maximum Gasteiger partial charge on any atom is 0.396 e. The molecular weight excluding hydrogens is 429 g/mol. The van der Waals surface area contributed by atoms with Crippen molar-refractivity contribution in [1.82, 2.24) is 14.6 Å². The van der Waals surface area contributed by atoms with Gasteiger partial charge in [-0.15, -0.1) is 10.2 Å². The Labute approximate surface area is 182 Å². The van der Waals surface area contributed by atoms with Crippen LogP contribution in [0.15, 0.2) is 36.5 Å². The number of ether oxygens (including phenoxy) is 1. The number of hydrogen-bond acceptors (Lipinski definition) is 4. The van der Waals surface area contributed by atoms with E-state index in [4.69, 9.17) is 16.3 Å². The highest BCUT2D eigenvalue weighted by Crippen LogP contribution is 2.52. The van der Waals surface area contributed by atoms with Crippen LogP contribution in [-0.2, 0) is 22.4 Å². The van der Waals surface area contributed by atoms with Crippen molar-refractivity contribution >= 4 is 22.9 Å². The molecule has 0 aliphatic carbocycles. The predicted molar refractivity (Wildman–Crippen MR) is 111 cm³/mol. The van der Waals surface area contributed by atoms with E-state index in [0.29, 0.717) is 18.1 Å². The SMILES string of the molecule is CC1(C)OC2(CCN(c3ccn4c(CC(F)(F)F)nnc4c3Cl)CC2)c2ccccc21. The van der Waals surface area contributed by atoms with Crippen molar-refractivity contribution in [2.24, 2.45) is 0 Å². The van der Waals surface area contributed by atoms with Gasteiger partial charge in [-0.3, -0.25) is 4.40 Å². The van der Waals surface area contributed by atoms with Crippen LogP contribution in [0.1, 0.15) is 43.6 Å². The predicted octanol–water partition coefficient (Wildman–Crippen LogP) is 5.25. The lowest BCUT2D eigenvalue weighted by molar-refractivity contribution is -0.136. The number of anilines is 1. The largest absolute Gasteiger partial charge is 0.396 e. The zero-order valence-electron chi connectivity index (χ0n) is 17.2. The monoisotopic (exact) mass is 450 g/mol. The molecule has 31 heavy (non-hydrogen) atoms. The van der Waals surface area contributed by atoms with Gasteiger partial charge in [0.25, 0.3) is 0 Å². The van der Waals surface area contributed by atoms with Crippen LogP contribution in [0.5, 0.6) is 0 Å². The van der Waals surface area contributed by atoms with Gasteiger partial charge in [-0.2, -0.15) is 13.2 Å². The minimum Gasteiger partial charge on any atom is -0.370 e. The van der Waals surface area contributed by atoms with E-state index < -0.39 is 12.6 Å². The van der Waals surface area contributed by atoms with Crippen molar-refractivity contribution in [3.63, 3.8) is 0 Å². The lowest BCUT2D eigenvalue weighted by Crippen LogP contribution is -2.43. The van der Waals surface area contributed by atoms with E-state index in [-0.39, 0.29) is 22.7 Å². The first kappa shape index (κ1) is 20.6. The van der Waals surface area contributed by atoms with E-state index in [9.17, 15) is 13.2 Å². The molecule has 2 aliphatic heterocycles. The topological polar surface area (TPSA) is 42.7 Å². The first-order valence-electron chi connectivity index (χ1n) is 10.2. The number of pyridine rings is 1. The maximum atomic E-state index is 12.8. The molecule has 1 fully saturated rings. The van der Waals surface area contributed by atoms with Crippen LogP contribution in [0.4, 0.5) is 18.9 Å². The van der Waals surface area contributed by atoms with Gasteiger partial charge in [0.2, 0.25) is 0 Å². The maximum absolute atomic E-state index is 12.8. The Bertz CT molecular complexity index is 1150. The van der Waals surface area contributed by atoms with Crippen LogP contribution in [0, 0.1) is 0 Å². The lowest BCUT2D eigenvalue weighted by atomic mass is 9.82. The average Bonchev–Trinajstić information content (AvgIpc) is 3.20. The second kappa shape index (κ2) is 6.84. The summed E-state index contributed by atoms with van der Waals surface area (Å²) in [4.78, 5) is 2.14. The number of piperidine rings is 1. The normalized spacial score (nSPS) is 19.9. The summed E-state index contributed by atoms with van der Waals surface area (Å²) >= 11 is 6.56. The molecule has 1 saturated heterocycles. The summed E-state index contributed by atoms with van der Waals surface area (Å²) in [5.74, 6) is -0.174. The fraction of sp³-hybridized carbons (Fsp3) is 0.455. The number of rotatable bonds is 2. The second-order valence-corrected chi connectivity index (χ2v) is 9.13. The molecule has 0 amide bonds. The number of fused-ring (bicyclic) bond motifs is 3. The standard InChI is InChI=1S/C22H22ClF3N4O/c1-20(2)14-5-3-4-6-15(14)21(31-20)8-11-29(12-9-21)16-7-10-30-17(13-22(24,25)26)27-28-19(30)18(16)23/h3-7,10H,8-9,11-13H2,1-2H3. The molecule has 9 heteroatoms. The van der Waals surface area contributed by atoms with Crippen LogP contribution >= 0.6 is 11.6 Å². The molecule has 3 aromatic rings. The van der Waals surface area contributed by atoms with Crippen molar-refractivity contribution in [2.75, 3.05) is 18.0 Å². The van der Waals surface area contributed by atoms with Gasteiger partial charge in [-0.25, -0.2) is 0 Å². The quantitative estimate of drug-likeness (QED) is 0.535. The van der Waals surface area contributed by atoms with Gasteiger partial charge < -0.3 is 9.64 Å². The molecule has 1 aromatic carbocycles. The van der Waals surface area contributed by atoms with E-state index in [1.807, 2.05) is 12.1 Å². The van der Waals surface area contributed by atoms with Gasteiger partial charge in [0, 0.05) is 19.3 Å². The lowest BCUT2D eigenvalue weighted by Gasteiger charge is -2.41. The summed E-state index contributed by atoms with van der Waals surface area (Å²) in [6, 6.07) is 10.1. The number of benzene rings is 1. The first-order chi connectivity index (χ1) is 14.6. The molecule has 0 unspecified atom stereocenters. The molecule has 164 valence electrons. The summed E-state index contributed by atoms with van der Waals surface area (Å²) in [5, 5.41) is 7.92. The molecule has 5 rings (SSSR count). The van der Waals surface area contributed by atoms with E-state index in [1.165, 1.54) is 15.5 Å². The fourth-order valence-corrected chi connectivity index (χ4v) is 5.30. The van der Waals surface area contributed by atoms with Crippen LogP contribution in [0.2, 0.25) is 5.02 Å². The minimum atomic E-state index is -4.36. The fourth-order valence-electron chi connectivity index (χ4n) is 4.99. The summed E-state index contributed by atoms with van der Waals surface area (Å²) in [6.07, 6.45) is -2.36. The van der Waals surface area contributed by atoms with Crippen molar-refractivity contribution in [2.45, 2.75) is 50.5 Å². The Morgan fingerprint density at radius 3 is 2.42 bits per heavy atom. The molecule has 2 aliphatic rings. The Morgan fingerprint density at radius 2 is 1.74 bits per heavy atom. The van der Waals surface area contributed by atoms with Gasteiger partial charge in [-0.1, -0.05) is 35.9 Å². The van der Waals surface area contributed by atoms with Crippen LogP contribution in [-0.4, -0.2) is 33.9 Å². The van der Waals surface area contributed by atoms with Crippen LogP contribution < -0.4 is 4.90 Å². The van der Waals surface area contributed by atoms with Gasteiger partial charge in [0.15, 0.2) is 5.65 Å². The Balaban J connectivity index is 1.41. The first-order valence-corrected chi connectivity index (χ1v) is 10.6. The van der Waals surface area contributed by atoms with Crippen LogP contribution in [0.3, 0.4) is 0 Å². The molecule has 5 nitrogen and oxygen atoms in total. The summed E-state index contributed by atoms with van der Waals surface area (Å²) < 4.78 is 46.3. The van der Waals surface area contributed by atoms with Crippen molar-refractivity contribution in [3.05, 3.63) is 58.5 Å². The number of alkyl halides is 3. The Hall–Kier alpha value is -2.32. The highest BCUT2D eigenvalue weighted by molar-refractivity contribution is 6.36. The number of nitrogens with zero attached hydrogens (tertiary/aromatic N) is 4. The van der Waals surface area contributed by atoms with Crippen molar-refractivity contribution < 1.29 is 17.9 Å². The van der Waals surface area contributed by atoms with Gasteiger partial charge in [0.1, 0.15) is 17.3 Å². The molecule has 1 spiro atoms. The molecule has 0 radical (unpaired) electrons. The Kier molecular flexibility index (Phi) is 4.54. The third-order valence-corrected chi connectivity index (χ3v) is 6.72. The average molecular weight is 451 g/mol. The van der Waals surface area contributed by atoms with Crippen molar-refractivity contribution in [3.8, 4) is 0 Å². The molecule has 4 heterocycles. The van der Waals surface area contributed by atoms with Crippen molar-refractivity contribution in [1.29, 1.82) is 0 Å². The molecule has 0 atom stereocenters. The minimum absolute atomic E-state index is 0.174. The Morgan fingerprint density at radius 1 is 1.06 bits per heavy atom. The molecule has 0 bridgehead atoms. The van der Waals surface area contributed by atoms with Crippen LogP contribution in [0.25, 0.3) is 5.65 Å². The highest BCUT2D eigenvalue weighted by atomic mass is 35.5. The summed E-state index contributed by atoms with van der Waals surface area (Å²) in [7, 11) is 0. The molecule has 0 N–H and O–H groups in total. The third kappa shape index (κ3) is 3.36. The zero-order valence-corrected chi connectivity index (χ0v) is 18.0. The summed E-state index contributed by atoms with van der Waals surface area (Å²) in [5.41, 5.74) is 2.79. The third-order valence-electron chi connectivity index (χ3n) is 6.36. The molecule has 2 aromatic heterocycles. The van der Waals surface area contributed by atoms with E-state index >= 15 is 0 Å². The van der Waals surface area contributed by atoms with Gasteiger partial charge in [-0.05, 0) is 43.9 Å². The molecule has 0 saturated carbocycles. The van der Waals surface area contributed by atoms with E-state index in [1.54, 1.807) is 12.3 Å².